The SMILES string of the molecule is Cc1ccc(-c2c(C)sc3nc(CSc4n[nH]c(C5CCCC5)n4)[nH]c(=O)c23)cc1. The van der Waals surface area contributed by atoms with Crippen molar-refractivity contribution in [3.63, 3.8) is 0 Å². The van der Waals surface area contributed by atoms with Gasteiger partial charge in [0.1, 0.15) is 16.5 Å². The van der Waals surface area contributed by atoms with E-state index in [0.29, 0.717) is 28.0 Å². The molecule has 0 amide bonds. The van der Waals surface area contributed by atoms with Crippen LogP contribution in [0.3, 0.4) is 0 Å². The summed E-state index contributed by atoms with van der Waals surface area (Å²) in [6.45, 7) is 4.11. The number of benzene rings is 1. The summed E-state index contributed by atoms with van der Waals surface area (Å²) in [7, 11) is 0. The number of aromatic nitrogens is 5. The van der Waals surface area contributed by atoms with Crippen LogP contribution in [0, 0.1) is 13.8 Å². The number of nitrogens with zero attached hydrogens (tertiary/aromatic N) is 3. The highest BCUT2D eigenvalue weighted by atomic mass is 32.2. The summed E-state index contributed by atoms with van der Waals surface area (Å²) in [6, 6.07) is 8.28. The molecule has 154 valence electrons. The van der Waals surface area contributed by atoms with E-state index in [1.165, 1.54) is 43.0 Å². The predicted octanol–water partition coefficient (Wildman–Crippen LogP) is 5.34. The summed E-state index contributed by atoms with van der Waals surface area (Å²) in [5.41, 5.74) is 3.15. The lowest BCUT2D eigenvalue weighted by Crippen LogP contribution is -2.10. The highest BCUT2D eigenvalue weighted by Crippen LogP contribution is 2.36. The first-order chi connectivity index (χ1) is 14.6. The van der Waals surface area contributed by atoms with Gasteiger partial charge in [0.2, 0.25) is 5.16 Å². The normalized spacial score (nSPS) is 14.7. The van der Waals surface area contributed by atoms with Crippen molar-refractivity contribution in [1.82, 2.24) is 25.1 Å². The number of thioether (sulfide) groups is 1. The van der Waals surface area contributed by atoms with Gasteiger partial charge in [0.05, 0.1) is 11.1 Å². The monoisotopic (exact) mass is 437 g/mol. The van der Waals surface area contributed by atoms with E-state index in [9.17, 15) is 4.79 Å². The maximum atomic E-state index is 12.9. The molecule has 1 aliphatic rings. The molecule has 3 aromatic heterocycles. The fourth-order valence-electron chi connectivity index (χ4n) is 4.14. The molecular weight excluding hydrogens is 414 g/mol. The van der Waals surface area contributed by atoms with E-state index in [-0.39, 0.29) is 5.56 Å². The van der Waals surface area contributed by atoms with Crippen LogP contribution in [0.2, 0.25) is 0 Å². The Labute approximate surface area is 182 Å². The minimum absolute atomic E-state index is 0.0860. The second-order valence-electron chi connectivity index (χ2n) is 7.87. The molecule has 0 bridgehead atoms. The van der Waals surface area contributed by atoms with Crippen molar-refractivity contribution in [3.8, 4) is 11.1 Å². The molecule has 4 aromatic rings. The number of fused-ring (bicyclic) bond motifs is 1. The molecule has 0 unspecified atom stereocenters. The lowest BCUT2D eigenvalue weighted by molar-refractivity contribution is 0.671. The first-order valence-corrected chi connectivity index (χ1v) is 12.0. The first kappa shape index (κ1) is 19.5. The number of H-pyrrole nitrogens is 2. The van der Waals surface area contributed by atoms with Crippen molar-refractivity contribution < 1.29 is 0 Å². The van der Waals surface area contributed by atoms with Crippen LogP contribution in [0.4, 0.5) is 0 Å². The molecule has 8 heteroatoms. The molecule has 0 spiro atoms. The Bertz CT molecular complexity index is 1250. The Morgan fingerprint density at radius 2 is 1.90 bits per heavy atom. The molecule has 3 heterocycles. The molecule has 0 aliphatic heterocycles. The van der Waals surface area contributed by atoms with Gasteiger partial charge >= 0.3 is 0 Å². The van der Waals surface area contributed by atoms with E-state index in [2.05, 4.69) is 51.4 Å². The van der Waals surface area contributed by atoms with Gasteiger partial charge in [-0.25, -0.2) is 9.97 Å². The zero-order chi connectivity index (χ0) is 20.7. The summed E-state index contributed by atoms with van der Waals surface area (Å²) >= 11 is 3.07. The molecule has 6 nitrogen and oxygen atoms in total. The van der Waals surface area contributed by atoms with E-state index in [1.54, 1.807) is 11.3 Å². The van der Waals surface area contributed by atoms with Gasteiger partial charge in [0.25, 0.3) is 5.56 Å². The first-order valence-electron chi connectivity index (χ1n) is 10.2. The Morgan fingerprint density at radius 1 is 1.13 bits per heavy atom. The number of aromatic amines is 2. The third-order valence-corrected chi connectivity index (χ3v) is 7.55. The van der Waals surface area contributed by atoms with Crippen molar-refractivity contribution in [2.75, 3.05) is 0 Å². The minimum Gasteiger partial charge on any atom is -0.309 e. The van der Waals surface area contributed by atoms with Crippen LogP contribution in [0.25, 0.3) is 21.3 Å². The third kappa shape index (κ3) is 3.70. The third-order valence-electron chi connectivity index (χ3n) is 5.69. The molecule has 0 saturated heterocycles. The summed E-state index contributed by atoms with van der Waals surface area (Å²) in [5.74, 6) is 2.68. The zero-order valence-corrected chi connectivity index (χ0v) is 18.6. The maximum absolute atomic E-state index is 12.9. The molecule has 30 heavy (non-hydrogen) atoms. The number of rotatable bonds is 5. The number of aryl methyl sites for hydroxylation is 2. The summed E-state index contributed by atoms with van der Waals surface area (Å²) in [4.78, 5) is 27.2. The van der Waals surface area contributed by atoms with Crippen LogP contribution >= 0.6 is 23.1 Å². The second kappa shape index (κ2) is 8.00. The van der Waals surface area contributed by atoms with Crippen molar-refractivity contribution in [2.24, 2.45) is 0 Å². The summed E-state index contributed by atoms with van der Waals surface area (Å²) < 4.78 is 0. The van der Waals surface area contributed by atoms with Gasteiger partial charge in [-0.1, -0.05) is 54.4 Å². The zero-order valence-electron chi connectivity index (χ0n) is 17.0. The summed E-state index contributed by atoms with van der Waals surface area (Å²) in [5, 5.41) is 8.81. The van der Waals surface area contributed by atoms with Crippen LogP contribution in [0.5, 0.6) is 0 Å². The Balaban J connectivity index is 1.40. The highest BCUT2D eigenvalue weighted by Gasteiger charge is 2.21. The second-order valence-corrected chi connectivity index (χ2v) is 10.0. The fourth-order valence-corrected chi connectivity index (χ4v) is 5.88. The average Bonchev–Trinajstić information content (AvgIpc) is 3.46. The summed E-state index contributed by atoms with van der Waals surface area (Å²) in [6.07, 6.45) is 4.91. The molecule has 1 saturated carbocycles. The Kier molecular flexibility index (Phi) is 5.20. The Hall–Kier alpha value is -2.45. The fraction of sp³-hybridized carbons (Fsp3) is 0.364. The van der Waals surface area contributed by atoms with Gasteiger partial charge < -0.3 is 4.98 Å². The van der Waals surface area contributed by atoms with E-state index in [4.69, 9.17) is 4.98 Å². The molecule has 1 aromatic carbocycles. The minimum atomic E-state index is -0.0860. The van der Waals surface area contributed by atoms with Gasteiger partial charge in [-0.05, 0) is 32.3 Å². The van der Waals surface area contributed by atoms with E-state index in [0.717, 1.165) is 26.7 Å². The topological polar surface area (TPSA) is 87.3 Å². The average molecular weight is 438 g/mol. The van der Waals surface area contributed by atoms with Crippen LogP contribution in [-0.2, 0) is 5.75 Å². The number of nitrogens with one attached hydrogen (secondary N) is 2. The molecule has 1 fully saturated rings. The van der Waals surface area contributed by atoms with Gasteiger partial charge in [-0.2, -0.15) is 0 Å². The van der Waals surface area contributed by atoms with Crippen LogP contribution in [-0.4, -0.2) is 25.1 Å². The smallest absolute Gasteiger partial charge is 0.260 e. The Morgan fingerprint density at radius 3 is 2.67 bits per heavy atom. The molecule has 1 aliphatic carbocycles. The maximum Gasteiger partial charge on any atom is 0.260 e. The molecule has 0 atom stereocenters. The van der Waals surface area contributed by atoms with Crippen molar-refractivity contribution in [2.45, 2.75) is 56.4 Å². The van der Waals surface area contributed by atoms with Crippen LogP contribution < -0.4 is 5.56 Å². The predicted molar refractivity (Wildman–Crippen MR) is 122 cm³/mol. The molecule has 5 rings (SSSR count). The quantitative estimate of drug-likeness (QED) is 0.412. The standard InChI is InChI=1S/C22H23N5OS2/c1-12-7-9-14(10-8-12)17-13(2)30-21-18(17)20(28)23-16(24-21)11-29-22-25-19(26-27-22)15-5-3-4-6-15/h7-10,15H,3-6,11H2,1-2H3,(H,23,24,28)(H,25,26,27). The number of hydrogen-bond acceptors (Lipinski definition) is 6. The van der Waals surface area contributed by atoms with Crippen molar-refractivity contribution in [3.05, 3.63) is 56.7 Å². The van der Waals surface area contributed by atoms with E-state index in [1.807, 2.05) is 6.92 Å². The van der Waals surface area contributed by atoms with Crippen molar-refractivity contribution >= 4 is 33.3 Å². The lowest BCUT2D eigenvalue weighted by Gasteiger charge is -2.03. The van der Waals surface area contributed by atoms with Gasteiger partial charge in [0, 0.05) is 16.4 Å². The van der Waals surface area contributed by atoms with Gasteiger partial charge in [0.15, 0.2) is 0 Å². The van der Waals surface area contributed by atoms with E-state index >= 15 is 0 Å². The van der Waals surface area contributed by atoms with Crippen molar-refractivity contribution in [1.29, 1.82) is 0 Å². The van der Waals surface area contributed by atoms with Crippen LogP contribution in [0.1, 0.15) is 53.7 Å². The highest BCUT2D eigenvalue weighted by molar-refractivity contribution is 7.98. The van der Waals surface area contributed by atoms with Gasteiger partial charge in [-0.3, -0.25) is 9.89 Å². The molecule has 0 radical (unpaired) electrons. The lowest BCUT2D eigenvalue weighted by atomic mass is 10.0. The van der Waals surface area contributed by atoms with Crippen LogP contribution in [0.15, 0.2) is 34.2 Å². The molecular formula is C22H23N5OS2. The number of thiophene rings is 1. The molecule has 2 N–H and O–H groups in total. The van der Waals surface area contributed by atoms with Gasteiger partial charge in [-0.15, -0.1) is 16.4 Å². The number of hydrogen-bond donors (Lipinski definition) is 2. The van der Waals surface area contributed by atoms with E-state index < -0.39 is 0 Å². The largest absolute Gasteiger partial charge is 0.309 e.